The van der Waals surface area contributed by atoms with E-state index in [0.29, 0.717) is 12.1 Å². The lowest BCUT2D eigenvalue weighted by molar-refractivity contribution is -0.112. The number of benzene rings is 2. The molecule has 0 saturated carbocycles. The molecule has 1 heterocycles. The lowest BCUT2D eigenvalue weighted by Gasteiger charge is -2.08. The maximum Gasteiger partial charge on any atom is 0.266 e. The average Bonchev–Trinajstić information content (AvgIpc) is 2.99. The smallest absolute Gasteiger partial charge is 0.266 e. The summed E-state index contributed by atoms with van der Waals surface area (Å²) in [4.78, 5) is 12.6. The van der Waals surface area contributed by atoms with Gasteiger partial charge < -0.3 is 9.73 Å². The van der Waals surface area contributed by atoms with Gasteiger partial charge in [0.2, 0.25) is 0 Å². The molecule has 4 nitrogen and oxygen atoms in total. The van der Waals surface area contributed by atoms with Crippen molar-refractivity contribution in [3.8, 4) is 6.07 Å². The van der Waals surface area contributed by atoms with Gasteiger partial charge in [-0.3, -0.25) is 4.79 Å². The van der Waals surface area contributed by atoms with Crippen LogP contribution >= 0.6 is 0 Å². The van der Waals surface area contributed by atoms with Crippen molar-refractivity contribution < 1.29 is 9.21 Å². The second-order valence-corrected chi connectivity index (χ2v) is 6.23. The Labute approximate surface area is 152 Å². The number of fused-ring (bicyclic) bond motifs is 1. The summed E-state index contributed by atoms with van der Waals surface area (Å²) in [5.41, 5.74) is 4.37. The number of rotatable bonds is 4. The monoisotopic (exact) mass is 344 g/mol. The topological polar surface area (TPSA) is 66.0 Å². The maximum absolute atomic E-state index is 12.6. The van der Waals surface area contributed by atoms with E-state index in [-0.39, 0.29) is 5.57 Å². The minimum Gasteiger partial charge on any atom is -0.460 e. The molecule has 0 bridgehead atoms. The minimum absolute atomic E-state index is 0.0474. The number of amides is 1. The number of hydrogen-bond acceptors (Lipinski definition) is 3. The van der Waals surface area contributed by atoms with Gasteiger partial charge in [-0.2, -0.15) is 5.26 Å². The van der Waals surface area contributed by atoms with Gasteiger partial charge in [0, 0.05) is 23.1 Å². The molecule has 0 spiro atoms. The first-order valence-corrected chi connectivity index (χ1v) is 8.54. The first kappa shape index (κ1) is 17.5. The molecule has 0 aliphatic carbocycles. The highest BCUT2D eigenvalue weighted by molar-refractivity contribution is 6.11. The van der Waals surface area contributed by atoms with E-state index in [9.17, 15) is 10.1 Å². The third kappa shape index (κ3) is 3.38. The van der Waals surface area contributed by atoms with E-state index in [2.05, 4.69) is 5.32 Å². The SMILES string of the molecule is CCc1oc2ccccc2c1/C=C(\C#N)C(=O)Nc1ccc(C)cc1C. The van der Waals surface area contributed by atoms with Crippen LogP contribution in [0, 0.1) is 25.2 Å². The van der Waals surface area contributed by atoms with E-state index >= 15 is 0 Å². The van der Waals surface area contributed by atoms with Gasteiger partial charge >= 0.3 is 0 Å². The molecular weight excluding hydrogens is 324 g/mol. The first-order chi connectivity index (χ1) is 12.5. The van der Waals surface area contributed by atoms with Crippen LogP contribution in [0.25, 0.3) is 17.0 Å². The Morgan fingerprint density at radius 3 is 2.69 bits per heavy atom. The molecule has 3 aromatic rings. The van der Waals surface area contributed by atoms with Crippen molar-refractivity contribution in [2.75, 3.05) is 5.32 Å². The summed E-state index contributed by atoms with van der Waals surface area (Å²) in [6.45, 7) is 5.91. The summed E-state index contributed by atoms with van der Waals surface area (Å²) < 4.78 is 5.84. The van der Waals surface area contributed by atoms with Gasteiger partial charge in [-0.05, 0) is 37.6 Å². The Balaban J connectivity index is 1.98. The normalized spacial score (nSPS) is 11.4. The third-order valence-electron chi connectivity index (χ3n) is 4.32. The van der Waals surface area contributed by atoms with Gasteiger partial charge in [-0.25, -0.2) is 0 Å². The Morgan fingerprint density at radius 2 is 2.00 bits per heavy atom. The summed E-state index contributed by atoms with van der Waals surface area (Å²) in [7, 11) is 0. The van der Waals surface area contributed by atoms with E-state index in [4.69, 9.17) is 4.42 Å². The quantitative estimate of drug-likeness (QED) is 0.525. The van der Waals surface area contributed by atoms with E-state index in [1.807, 2.05) is 69.3 Å². The fourth-order valence-corrected chi connectivity index (χ4v) is 2.97. The molecule has 4 heteroatoms. The van der Waals surface area contributed by atoms with Crippen LogP contribution < -0.4 is 5.32 Å². The fraction of sp³-hybridized carbons (Fsp3) is 0.182. The van der Waals surface area contributed by atoms with Crippen LogP contribution in [0.5, 0.6) is 0 Å². The molecule has 1 amide bonds. The standard InChI is InChI=1S/C22H20N2O2/c1-4-20-18(17-7-5-6-8-21(17)26-20)12-16(13-23)22(25)24-19-10-9-14(2)11-15(19)3/h5-12H,4H2,1-3H3,(H,24,25)/b16-12+. The molecule has 1 aromatic heterocycles. The van der Waals surface area contributed by atoms with Crippen molar-refractivity contribution in [1.82, 2.24) is 0 Å². The first-order valence-electron chi connectivity index (χ1n) is 8.54. The van der Waals surface area contributed by atoms with Crippen molar-refractivity contribution in [2.45, 2.75) is 27.2 Å². The number of furan rings is 1. The van der Waals surface area contributed by atoms with E-state index in [1.54, 1.807) is 6.08 Å². The highest BCUT2D eigenvalue weighted by Gasteiger charge is 2.16. The predicted octanol–water partition coefficient (Wildman–Crippen LogP) is 5.16. The molecule has 26 heavy (non-hydrogen) atoms. The van der Waals surface area contributed by atoms with Crippen molar-refractivity contribution in [3.05, 3.63) is 70.5 Å². The predicted molar refractivity (Wildman–Crippen MR) is 104 cm³/mol. The second kappa shape index (κ2) is 7.28. The number of nitriles is 1. The van der Waals surface area contributed by atoms with Crippen molar-refractivity contribution >= 4 is 28.6 Å². The molecule has 3 rings (SSSR count). The molecular formula is C22H20N2O2. The Hall–Kier alpha value is -3.32. The molecule has 130 valence electrons. The zero-order chi connectivity index (χ0) is 18.7. The second-order valence-electron chi connectivity index (χ2n) is 6.23. The summed E-state index contributed by atoms with van der Waals surface area (Å²) >= 11 is 0. The van der Waals surface area contributed by atoms with Gasteiger partial charge in [0.1, 0.15) is 23.0 Å². The zero-order valence-corrected chi connectivity index (χ0v) is 15.1. The average molecular weight is 344 g/mol. The highest BCUT2D eigenvalue weighted by atomic mass is 16.3. The van der Waals surface area contributed by atoms with Crippen molar-refractivity contribution in [3.63, 3.8) is 0 Å². The van der Waals surface area contributed by atoms with Crippen LogP contribution in [-0.2, 0) is 11.2 Å². The Kier molecular flexibility index (Phi) is 4.90. The number of hydrogen-bond donors (Lipinski definition) is 1. The van der Waals surface area contributed by atoms with Crippen LogP contribution in [-0.4, -0.2) is 5.91 Å². The summed E-state index contributed by atoms with van der Waals surface area (Å²) in [5, 5.41) is 13.2. The molecule has 2 aromatic carbocycles. The van der Waals surface area contributed by atoms with E-state index in [0.717, 1.165) is 33.4 Å². The van der Waals surface area contributed by atoms with Gasteiger partial charge in [0.05, 0.1) is 0 Å². The molecule has 0 aliphatic heterocycles. The minimum atomic E-state index is -0.424. The summed E-state index contributed by atoms with van der Waals surface area (Å²) in [5.74, 6) is 0.338. The number of anilines is 1. The maximum atomic E-state index is 12.6. The number of para-hydroxylation sites is 1. The molecule has 0 aliphatic rings. The number of carbonyl (C=O) groups excluding carboxylic acids is 1. The largest absolute Gasteiger partial charge is 0.460 e. The van der Waals surface area contributed by atoms with E-state index < -0.39 is 5.91 Å². The van der Waals surface area contributed by atoms with Crippen molar-refractivity contribution in [2.24, 2.45) is 0 Å². The van der Waals surface area contributed by atoms with Crippen LogP contribution in [0.2, 0.25) is 0 Å². The molecule has 1 N–H and O–H groups in total. The summed E-state index contributed by atoms with van der Waals surface area (Å²) in [6, 6.07) is 15.4. The van der Waals surface area contributed by atoms with Crippen LogP contribution in [0.4, 0.5) is 5.69 Å². The van der Waals surface area contributed by atoms with Gasteiger partial charge in [0.25, 0.3) is 5.91 Å². The lowest BCUT2D eigenvalue weighted by atomic mass is 10.1. The lowest BCUT2D eigenvalue weighted by Crippen LogP contribution is -2.14. The molecule has 0 atom stereocenters. The zero-order valence-electron chi connectivity index (χ0n) is 15.1. The Bertz CT molecular complexity index is 1050. The number of nitrogens with zero attached hydrogens (tertiary/aromatic N) is 1. The van der Waals surface area contributed by atoms with Gasteiger partial charge in [0.15, 0.2) is 0 Å². The van der Waals surface area contributed by atoms with Crippen LogP contribution in [0.3, 0.4) is 0 Å². The van der Waals surface area contributed by atoms with Gasteiger partial charge in [-0.15, -0.1) is 0 Å². The van der Waals surface area contributed by atoms with E-state index in [1.165, 1.54) is 0 Å². The number of nitrogens with one attached hydrogen (secondary N) is 1. The van der Waals surface area contributed by atoms with Gasteiger partial charge in [-0.1, -0.05) is 42.8 Å². The fourth-order valence-electron chi connectivity index (χ4n) is 2.97. The number of carbonyl (C=O) groups is 1. The van der Waals surface area contributed by atoms with Crippen molar-refractivity contribution in [1.29, 1.82) is 5.26 Å². The van der Waals surface area contributed by atoms with Crippen LogP contribution in [0.15, 0.2) is 52.5 Å². The highest BCUT2D eigenvalue weighted by Crippen LogP contribution is 2.28. The van der Waals surface area contributed by atoms with Crippen LogP contribution in [0.1, 0.15) is 29.4 Å². The molecule has 0 radical (unpaired) electrons. The summed E-state index contributed by atoms with van der Waals surface area (Å²) in [6.07, 6.45) is 2.29. The third-order valence-corrected chi connectivity index (χ3v) is 4.32. The Morgan fingerprint density at radius 1 is 1.23 bits per heavy atom. The molecule has 0 unspecified atom stereocenters. The molecule has 0 fully saturated rings. The number of aryl methyl sites for hydroxylation is 3. The molecule has 0 saturated heterocycles.